The Balaban J connectivity index is 1.54. The SMILES string of the molecule is CCC[C@@H](CC=O)c1nnn(-c2ccc(CCC3CCCC3)cc2)c1C1CCC1. The van der Waals surface area contributed by atoms with E-state index in [2.05, 4.69) is 46.2 Å². The number of carbonyl (C=O) groups is 1. The molecule has 0 spiro atoms. The summed E-state index contributed by atoms with van der Waals surface area (Å²) in [4.78, 5) is 11.2. The number of nitrogens with zero attached hydrogens (tertiary/aromatic N) is 3. The Morgan fingerprint density at radius 1 is 1.10 bits per heavy atom. The normalized spacial score (nSPS) is 18.7. The smallest absolute Gasteiger partial charge is 0.120 e. The summed E-state index contributed by atoms with van der Waals surface area (Å²) in [6, 6.07) is 8.95. The quantitative estimate of drug-likeness (QED) is 0.456. The predicted molar refractivity (Wildman–Crippen MR) is 117 cm³/mol. The van der Waals surface area contributed by atoms with Crippen molar-refractivity contribution in [3.63, 3.8) is 0 Å². The number of hydrogen-bond acceptors (Lipinski definition) is 3. The van der Waals surface area contributed by atoms with Crippen LogP contribution in [0.5, 0.6) is 0 Å². The molecule has 0 unspecified atom stereocenters. The van der Waals surface area contributed by atoms with Crippen molar-refractivity contribution in [2.24, 2.45) is 5.92 Å². The van der Waals surface area contributed by atoms with E-state index in [4.69, 9.17) is 0 Å². The molecular weight excluding hydrogens is 358 g/mol. The minimum atomic E-state index is 0.201. The van der Waals surface area contributed by atoms with E-state index in [1.54, 1.807) is 0 Å². The van der Waals surface area contributed by atoms with Crippen molar-refractivity contribution < 1.29 is 4.79 Å². The third-order valence-electron chi connectivity index (χ3n) is 7.13. The number of benzene rings is 1. The highest BCUT2D eigenvalue weighted by Crippen LogP contribution is 2.41. The summed E-state index contributed by atoms with van der Waals surface area (Å²) >= 11 is 0. The molecule has 4 rings (SSSR count). The van der Waals surface area contributed by atoms with Gasteiger partial charge in [0.2, 0.25) is 0 Å². The second-order valence-electron chi connectivity index (χ2n) is 9.14. The van der Waals surface area contributed by atoms with Gasteiger partial charge in [0.25, 0.3) is 0 Å². The molecule has 2 aliphatic carbocycles. The average Bonchev–Trinajstić information content (AvgIpc) is 3.36. The van der Waals surface area contributed by atoms with Gasteiger partial charge in [-0.3, -0.25) is 0 Å². The summed E-state index contributed by atoms with van der Waals surface area (Å²) in [6.07, 6.45) is 15.5. The third-order valence-corrected chi connectivity index (χ3v) is 7.13. The van der Waals surface area contributed by atoms with Gasteiger partial charge >= 0.3 is 0 Å². The third kappa shape index (κ3) is 4.62. The number of hydrogen-bond donors (Lipinski definition) is 0. The van der Waals surface area contributed by atoms with E-state index < -0.39 is 0 Å². The molecule has 1 aromatic heterocycles. The lowest BCUT2D eigenvalue weighted by atomic mass is 9.79. The number of rotatable bonds is 10. The molecular formula is C25H35N3O. The first-order chi connectivity index (χ1) is 14.3. The van der Waals surface area contributed by atoms with Crippen molar-refractivity contribution in [1.29, 1.82) is 0 Å². The van der Waals surface area contributed by atoms with Crippen molar-refractivity contribution in [2.75, 3.05) is 0 Å². The van der Waals surface area contributed by atoms with Gasteiger partial charge in [-0.25, -0.2) is 4.68 Å². The lowest BCUT2D eigenvalue weighted by molar-refractivity contribution is -0.108. The van der Waals surface area contributed by atoms with Crippen LogP contribution in [0.2, 0.25) is 0 Å². The largest absolute Gasteiger partial charge is 0.303 e. The van der Waals surface area contributed by atoms with Gasteiger partial charge in [-0.2, -0.15) is 0 Å². The molecule has 4 nitrogen and oxygen atoms in total. The second-order valence-corrected chi connectivity index (χ2v) is 9.14. The predicted octanol–water partition coefficient (Wildman–Crippen LogP) is 6.13. The fourth-order valence-electron chi connectivity index (χ4n) is 5.15. The molecule has 1 atom stereocenters. The lowest BCUT2D eigenvalue weighted by Gasteiger charge is -2.28. The number of aryl methyl sites for hydroxylation is 1. The molecule has 0 N–H and O–H groups in total. The van der Waals surface area contributed by atoms with Crippen LogP contribution in [-0.2, 0) is 11.2 Å². The molecule has 4 heteroatoms. The fraction of sp³-hybridized carbons (Fsp3) is 0.640. The van der Waals surface area contributed by atoms with Crippen LogP contribution in [0.4, 0.5) is 0 Å². The maximum atomic E-state index is 11.2. The van der Waals surface area contributed by atoms with E-state index in [-0.39, 0.29) is 5.92 Å². The van der Waals surface area contributed by atoms with Crippen LogP contribution >= 0.6 is 0 Å². The van der Waals surface area contributed by atoms with Gasteiger partial charge in [-0.15, -0.1) is 5.10 Å². The molecule has 29 heavy (non-hydrogen) atoms. The lowest BCUT2D eigenvalue weighted by Crippen LogP contribution is -2.17. The van der Waals surface area contributed by atoms with E-state index in [1.807, 2.05) is 0 Å². The van der Waals surface area contributed by atoms with Gasteiger partial charge in [0.15, 0.2) is 0 Å². The van der Waals surface area contributed by atoms with Crippen molar-refractivity contribution in [3.05, 3.63) is 41.2 Å². The highest BCUT2D eigenvalue weighted by molar-refractivity contribution is 5.52. The van der Waals surface area contributed by atoms with Crippen molar-refractivity contribution in [1.82, 2.24) is 15.0 Å². The molecule has 0 radical (unpaired) electrons. The molecule has 2 fully saturated rings. The first-order valence-electron chi connectivity index (χ1n) is 11.8. The van der Waals surface area contributed by atoms with E-state index in [0.717, 1.165) is 36.4 Å². The zero-order chi connectivity index (χ0) is 20.1. The highest BCUT2D eigenvalue weighted by atomic mass is 16.1. The molecule has 0 aliphatic heterocycles. The summed E-state index contributed by atoms with van der Waals surface area (Å²) in [5, 5.41) is 9.16. The Morgan fingerprint density at radius 2 is 1.86 bits per heavy atom. The number of carbonyl (C=O) groups excluding carboxylic acids is 1. The topological polar surface area (TPSA) is 47.8 Å². The Kier molecular flexibility index (Phi) is 6.78. The van der Waals surface area contributed by atoms with Crippen LogP contribution in [0.3, 0.4) is 0 Å². The van der Waals surface area contributed by atoms with Gasteiger partial charge in [0, 0.05) is 18.3 Å². The Labute approximate surface area is 175 Å². The van der Waals surface area contributed by atoms with Crippen LogP contribution in [0, 0.1) is 5.92 Å². The van der Waals surface area contributed by atoms with Gasteiger partial charge in [-0.05, 0) is 55.7 Å². The fourth-order valence-corrected chi connectivity index (χ4v) is 5.15. The second kappa shape index (κ2) is 9.69. The number of aromatic nitrogens is 3. The summed E-state index contributed by atoms with van der Waals surface area (Å²) in [7, 11) is 0. The monoisotopic (exact) mass is 393 g/mol. The van der Waals surface area contributed by atoms with Crippen LogP contribution in [0.25, 0.3) is 5.69 Å². The Hall–Kier alpha value is -1.97. The Morgan fingerprint density at radius 3 is 2.48 bits per heavy atom. The molecule has 0 bridgehead atoms. The van der Waals surface area contributed by atoms with Gasteiger partial charge < -0.3 is 4.79 Å². The first-order valence-corrected chi connectivity index (χ1v) is 11.8. The van der Waals surface area contributed by atoms with Crippen LogP contribution in [0.15, 0.2) is 24.3 Å². The molecule has 2 saturated carbocycles. The zero-order valence-corrected chi connectivity index (χ0v) is 17.9. The van der Waals surface area contributed by atoms with Gasteiger partial charge in [-0.1, -0.05) is 62.8 Å². The number of aldehydes is 1. The maximum Gasteiger partial charge on any atom is 0.120 e. The summed E-state index contributed by atoms with van der Waals surface area (Å²) in [5.41, 5.74) is 4.86. The van der Waals surface area contributed by atoms with E-state index in [9.17, 15) is 4.79 Å². The van der Waals surface area contributed by atoms with Crippen molar-refractivity contribution in [2.45, 2.75) is 95.8 Å². The van der Waals surface area contributed by atoms with Crippen LogP contribution < -0.4 is 0 Å². The van der Waals surface area contributed by atoms with E-state index in [0.29, 0.717) is 12.3 Å². The highest BCUT2D eigenvalue weighted by Gasteiger charge is 2.31. The summed E-state index contributed by atoms with van der Waals surface area (Å²) in [5.74, 6) is 1.67. The molecule has 0 amide bonds. The average molecular weight is 394 g/mol. The van der Waals surface area contributed by atoms with Gasteiger partial charge in [0.05, 0.1) is 17.1 Å². The molecule has 0 saturated heterocycles. The first kappa shape index (κ1) is 20.3. The molecule has 1 aromatic carbocycles. The summed E-state index contributed by atoms with van der Waals surface area (Å²) < 4.78 is 2.06. The molecule has 2 aromatic rings. The minimum Gasteiger partial charge on any atom is -0.303 e. The zero-order valence-electron chi connectivity index (χ0n) is 17.9. The molecule has 2 aliphatic rings. The van der Waals surface area contributed by atoms with E-state index >= 15 is 0 Å². The van der Waals surface area contributed by atoms with Gasteiger partial charge in [0.1, 0.15) is 6.29 Å². The van der Waals surface area contributed by atoms with Crippen LogP contribution in [-0.4, -0.2) is 21.3 Å². The van der Waals surface area contributed by atoms with Crippen LogP contribution in [0.1, 0.15) is 106 Å². The molecule has 1 heterocycles. The van der Waals surface area contributed by atoms with Crippen molar-refractivity contribution >= 4 is 6.29 Å². The maximum absolute atomic E-state index is 11.2. The minimum absolute atomic E-state index is 0.201. The summed E-state index contributed by atoms with van der Waals surface area (Å²) in [6.45, 7) is 2.18. The Bertz CT molecular complexity index is 785. The molecule has 156 valence electrons. The standard InChI is InChI=1S/C25H35N3O/c1-2-6-21(17-18-29)24-25(22-9-5-10-22)28(27-26-24)23-15-13-20(14-16-23)12-11-19-7-3-4-8-19/h13-16,18-19,21-22H,2-12,17H2,1H3/t21-/m0/s1. The van der Waals surface area contributed by atoms with Crippen molar-refractivity contribution in [3.8, 4) is 5.69 Å². The van der Waals surface area contributed by atoms with E-state index in [1.165, 1.54) is 69.0 Å².